The number of rotatable bonds is 3. The quantitative estimate of drug-likeness (QED) is 0.375. The highest BCUT2D eigenvalue weighted by molar-refractivity contribution is 6.34. The molecule has 1 aliphatic rings. The Bertz CT molecular complexity index is 824. The third-order valence-electron chi connectivity index (χ3n) is 2.83. The summed E-state index contributed by atoms with van der Waals surface area (Å²) in [5.74, 6) is -0.340. The van der Waals surface area contributed by atoms with Gasteiger partial charge in [-0.2, -0.15) is 0 Å². The Morgan fingerprint density at radius 1 is 1.32 bits per heavy atom. The second-order valence-corrected chi connectivity index (χ2v) is 4.68. The fourth-order valence-electron chi connectivity index (χ4n) is 1.82. The zero-order valence-electron chi connectivity index (χ0n) is 10.9. The van der Waals surface area contributed by atoms with E-state index < -0.39 is 10.9 Å². The molecule has 110 valence electrons. The number of aliphatic imine (C=N–C) groups is 1. The lowest BCUT2D eigenvalue weighted by molar-refractivity contribution is -0.384. The minimum Gasteiger partial charge on any atom is -0.465 e. The van der Waals surface area contributed by atoms with Crippen LogP contribution in [0, 0.1) is 10.1 Å². The zero-order valence-corrected chi connectivity index (χ0v) is 11.6. The molecular weight excluding hydrogens is 312 g/mol. The number of non-ortho nitro benzene ring substituents is 1. The van der Waals surface area contributed by atoms with Crippen LogP contribution in [0.5, 0.6) is 0 Å². The molecule has 0 saturated heterocycles. The summed E-state index contributed by atoms with van der Waals surface area (Å²) < 4.78 is 10.1. The molecule has 7 nitrogen and oxygen atoms in total. The van der Waals surface area contributed by atoms with Gasteiger partial charge in [0.05, 0.1) is 21.8 Å². The van der Waals surface area contributed by atoms with Crippen molar-refractivity contribution in [2.24, 2.45) is 4.99 Å². The van der Waals surface area contributed by atoms with E-state index in [1.54, 1.807) is 12.1 Å². The molecule has 2 heterocycles. The molecule has 0 saturated carbocycles. The molecule has 1 aliphatic heterocycles. The monoisotopic (exact) mass is 318 g/mol. The highest BCUT2D eigenvalue weighted by atomic mass is 35.5. The molecule has 22 heavy (non-hydrogen) atoms. The van der Waals surface area contributed by atoms with E-state index in [-0.39, 0.29) is 27.9 Å². The van der Waals surface area contributed by atoms with Crippen LogP contribution in [0.2, 0.25) is 5.02 Å². The third kappa shape index (κ3) is 2.61. The Balaban J connectivity index is 2.01. The van der Waals surface area contributed by atoms with Gasteiger partial charge in [0.15, 0.2) is 5.70 Å². The van der Waals surface area contributed by atoms with Gasteiger partial charge in [0, 0.05) is 18.2 Å². The van der Waals surface area contributed by atoms with Gasteiger partial charge in [-0.1, -0.05) is 11.6 Å². The fraction of sp³-hybridized carbons (Fsp3) is 0. The maximum absolute atomic E-state index is 11.8. The predicted octanol–water partition coefficient (Wildman–Crippen LogP) is 3.19. The molecule has 1 aromatic heterocycles. The number of carbonyl (C=O) groups is 1. The van der Waals surface area contributed by atoms with Gasteiger partial charge >= 0.3 is 5.97 Å². The molecule has 0 fully saturated rings. The molecule has 0 unspecified atom stereocenters. The lowest BCUT2D eigenvalue weighted by atomic mass is 10.2. The average Bonchev–Trinajstić information content (AvgIpc) is 3.10. The summed E-state index contributed by atoms with van der Waals surface area (Å²) in [6.45, 7) is 0. The first-order valence-corrected chi connectivity index (χ1v) is 6.43. The summed E-state index contributed by atoms with van der Waals surface area (Å²) in [5, 5.41) is 11.0. The van der Waals surface area contributed by atoms with E-state index in [1.807, 2.05) is 0 Å². The number of nitrogens with zero attached hydrogens (tertiary/aromatic N) is 2. The number of benzene rings is 1. The number of cyclic esters (lactones) is 1. The Morgan fingerprint density at radius 2 is 2.14 bits per heavy atom. The number of esters is 1. The first-order chi connectivity index (χ1) is 10.5. The molecule has 0 atom stereocenters. The maximum Gasteiger partial charge on any atom is 0.363 e. The van der Waals surface area contributed by atoms with Crippen LogP contribution < -0.4 is 0 Å². The maximum atomic E-state index is 11.8. The Kier molecular flexibility index (Phi) is 3.48. The summed E-state index contributed by atoms with van der Waals surface area (Å²) in [6, 6.07) is 7.11. The average molecular weight is 319 g/mol. The molecule has 0 bridgehead atoms. The van der Waals surface area contributed by atoms with Gasteiger partial charge in [-0.15, -0.1) is 0 Å². The van der Waals surface area contributed by atoms with E-state index in [0.717, 1.165) is 0 Å². The summed E-state index contributed by atoms with van der Waals surface area (Å²) in [7, 11) is 0. The number of nitro groups is 1. The summed E-state index contributed by atoms with van der Waals surface area (Å²) in [6.07, 6.45) is 2.86. The van der Waals surface area contributed by atoms with E-state index >= 15 is 0 Å². The predicted molar refractivity (Wildman–Crippen MR) is 77.4 cm³/mol. The Hall–Kier alpha value is -2.93. The van der Waals surface area contributed by atoms with Crippen LogP contribution in [0.1, 0.15) is 11.3 Å². The number of halogens is 1. The van der Waals surface area contributed by atoms with E-state index in [0.29, 0.717) is 5.76 Å². The Morgan fingerprint density at radius 3 is 2.82 bits per heavy atom. The standard InChI is InChI=1S/C14H7ClN2O5/c15-11-4-3-8(17(19)20)6-10(11)13-16-12(14(18)22-13)7-9-2-1-5-21-9/h1-7H. The van der Waals surface area contributed by atoms with Crippen molar-refractivity contribution >= 4 is 35.2 Å². The van der Waals surface area contributed by atoms with Crippen LogP contribution in [-0.2, 0) is 9.53 Å². The number of hydrogen-bond donors (Lipinski definition) is 0. The molecule has 1 aromatic carbocycles. The van der Waals surface area contributed by atoms with E-state index in [1.165, 1.54) is 30.5 Å². The van der Waals surface area contributed by atoms with Crippen molar-refractivity contribution in [2.75, 3.05) is 0 Å². The van der Waals surface area contributed by atoms with Gasteiger partial charge < -0.3 is 9.15 Å². The van der Waals surface area contributed by atoms with Gasteiger partial charge in [0.25, 0.3) is 5.69 Å². The lowest BCUT2D eigenvalue weighted by Crippen LogP contribution is -2.06. The minimum absolute atomic E-state index is 0.0209. The van der Waals surface area contributed by atoms with Crippen LogP contribution in [0.25, 0.3) is 6.08 Å². The smallest absolute Gasteiger partial charge is 0.363 e. The molecular formula is C14H7ClN2O5. The van der Waals surface area contributed by atoms with Gasteiger partial charge in [-0.3, -0.25) is 10.1 Å². The summed E-state index contributed by atoms with van der Waals surface area (Å²) >= 11 is 5.99. The number of carbonyl (C=O) groups excluding carboxylic acids is 1. The van der Waals surface area contributed by atoms with Crippen LogP contribution in [-0.4, -0.2) is 16.8 Å². The van der Waals surface area contributed by atoms with Gasteiger partial charge in [0.1, 0.15) is 5.76 Å². The van der Waals surface area contributed by atoms with Crippen molar-refractivity contribution < 1.29 is 18.9 Å². The summed E-state index contributed by atoms with van der Waals surface area (Å²) in [5.41, 5.74) is 0.0150. The SMILES string of the molecule is O=C1OC(c2cc([N+](=O)[O-])ccc2Cl)=NC1=Cc1ccco1. The number of nitro benzene ring substituents is 1. The first kappa shape index (κ1) is 14.0. The van der Waals surface area contributed by atoms with Gasteiger partial charge in [-0.05, 0) is 18.2 Å². The highest BCUT2D eigenvalue weighted by Crippen LogP contribution is 2.27. The van der Waals surface area contributed by atoms with Gasteiger partial charge in [-0.25, -0.2) is 9.79 Å². The minimum atomic E-state index is -0.686. The van der Waals surface area contributed by atoms with E-state index in [2.05, 4.69) is 4.99 Å². The van der Waals surface area contributed by atoms with Crippen molar-refractivity contribution in [1.29, 1.82) is 0 Å². The zero-order chi connectivity index (χ0) is 15.7. The number of furan rings is 1. The number of hydrogen-bond acceptors (Lipinski definition) is 6. The topological polar surface area (TPSA) is 94.9 Å². The van der Waals surface area contributed by atoms with E-state index in [9.17, 15) is 14.9 Å². The second kappa shape index (κ2) is 5.45. The van der Waals surface area contributed by atoms with E-state index in [4.69, 9.17) is 20.8 Å². The van der Waals surface area contributed by atoms with Crippen molar-refractivity contribution in [1.82, 2.24) is 0 Å². The lowest BCUT2D eigenvalue weighted by Gasteiger charge is -2.02. The molecule has 0 spiro atoms. The molecule has 0 N–H and O–H groups in total. The van der Waals surface area contributed by atoms with Crippen molar-refractivity contribution in [3.63, 3.8) is 0 Å². The van der Waals surface area contributed by atoms with Gasteiger partial charge in [0.2, 0.25) is 5.90 Å². The van der Waals surface area contributed by atoms with Crippen LogP contribution in [0.15, 0.2) is 51.7 Å². The van der Waals surface area contributed by atoms with Crippen molar-refractivity contribution in [3.8, 4) is 0 Å². The van der Waals surface area contributed by atoms with Crippen LogP contribution >= 0.6 is 11.6 Å². The van der Waals surface area contributed by atoms with Crippen molar-refractivity contribution in [2.45, 2.75) is 0 Å². The molecule has 0 amide bonds. The third-order valence-corrected chi connectivity index (χ3v) is 3.16. The largest absolute Gasteiger partial charge is 0.465 e. The first-order valence-electron chi connectivity index (χ1n) is 6.05. The Labute approximate surface area is 128 Å². The molecule has 0 aliphatic carbocycles. The van der Waals surface area contributed by atoms with Crippen LogP contribution in [0.4, 0.5) is 5.69 Å². The fourth-order valence-corrected chi connectivity index (χ4v) is 2.02. The van der Waals surface area contributed by atoms with Crippen LogP contribution in [0.3, 0.4) is 0 Å². The molecule has 3 rings (SSSR count). The highest BCUT2D eigenvalue weighted by Gasteiger charge is 2.27. The molecule has 8 heteroatoms. The number of ether oxygens (including phenoxy) is 1. The normalized spacial score (nSPS) is 15.8. The molecule has 2 aromatic rings. The molecule has 0 radical (unpaired) electrons. The summed E-state index contributed by atoms with van der Waals surface area (Å²) in [4.78, 5) is 26.0. The second-order valence-electron chi connectivity index (χ2n) is 4.27. The van der Waals surface area contributed by atoms with Crippen molar-refractivity contribution in [3.05, 3.63) is 68.8 Å².